The smallest absolute Gasteiger partial charge is 0.145 e. The molecule has 0 bridgehead atoms. The Labute approximate surface area is 311 Å². The van der Waals surface area contributed by atoms with Crippen molar-refractivity contribution in [1.29, 1.82) is 0 Å². The Morgan fingerprint density at radius 3 is 1.63 bits per heavy atom. The zero-order valence-corrected chi connectivity index (χ0v) is 29.3. The van der Waals surface area contributed by atoms with Crippen LogP contribution in [0.5, 0.6) is 0 Å². The van der Waals surface area contributed by atoms with Gasteiger partial charge in [-0.1, -0.05) is 146 Å². The van der Waals surface area contributed by atoms with Crippen molar-refractivity contribution in [3.05, 3.63) is 194 Å². The Bertz CT molecular complexity index is 3170. The molecule has 252 valence electrons. The highest BCUT2D eigenvalue weighted by Gasteiger charge is 2.20. The molecule has 3 heterocycles. The third kappa shape index (κ3) is 4.70. The van der Waals surface area contributed by atoms with Gasteiger partial charge < -0.3 is 4.57 Å². The lowest BCUT2D eigenvalue weighted by atomic mass is 9.97. The van der Waals surface area contributed by atoms with Crippen LogP contribution in [0.4, 0.5) is 0 Å². The fraction of sp³-hybridized carbons (Fsp3) is 0. The third-order valence-electron chi connectivity index (χ3n) is 10.7. The second-order valence-electron chi connectivity index (χ2n) is 13.8. The highest BCUT2D eigenvalue weighted by Crippen LogP contribution is 2.42. The molecular weight excluding hydrogens is 657 g/mol. The number of nitrogens with zero attached hydrogens (tertiary/aromatic N) is 4. The zero-order chi connectivity index (χ0) is 35.6. The molecule has 54 heavy (non-hydrogen) atoms. The first-order chi connectivity index (χ1) is 26.8. The first-order valence-corrected chi connectivity index (χ1v) is 18.3. The van der Waals surface area contributed by atoms with Crippen molar-refractivity contribution in [2.45, 2.75) is 0 Å². The van der Waals surface area contributed by atoms with Gasteiger partial charge in [0.2, 0.25) is 0 Å². The predicted octanol–water partition coefficient (Wildman–Crippen LogP) is 12.8. The van der Waals surface area contributed by atoms with Crippen LogP contribution in [0.3, 0.4) is 0 Å². The summed E-state index contributed by atoms with van der Waals surface area (Å²) < 4.78 is 4.67. The molecule has 0 spiro atoms. The average Bonchev–Trinajstić information content (AvgIpc) is 3.81. The van der Waals surface area contributed by atoms with Crippen LogP contribution < -0.4 is 0 Å². The van der Waals surface area contributed by atoms with E-state index in [0.29, 0.717) is 0 Å². The molecule has 0 N–H and O–H groups in total. The second-order valence-corrected chi connectivity index (χ2v) is 13.8. The number of benzene rings is 8. The summed E-state index contributed by atoms with van der Waals surface area (Å²) in [7, 11) is 0. The lowest BCUT2D eigenvalue weighted by Gasteiger charge is -2.15. The lowest BCUT2D eigenvalue weighted by molar-refractivity contribution is 1.10. The SMILES string of the molecule is c1ccc(-c2nc3ccccc3c3ccc4c5ccccc5n(-c5ccc(-c6ccc(-c7nc8ccccc8n7-c7ccccc7)cc6)cc5)c4c23)cc1. The molecular formula is C50H32N4. The van der Waals surface area contributed by atoms with Crippen molar-refractivity contribution in [1.82, 2.24) is 19.1 Å². The summed E-state index contributed by atoms with van der Waals surface area (Å²) in [4.78, 5) is 10.4. The van der Waals surface area contributed by atoms with Gasteiger partial charge in [-0.05, 0) is 65.0 Å². The summed E-state index contributed by atoms with van der Waals surface area (Å²) in [6.07, 6.45) is 0. The van der Waals surface area contributed by atoms with Crippen LogP contribution in [0.1, 0.15) is 0 Å². The maximum atomic E-state index is 5.33. The highest BCUT2D eigenvalue weighted by atomic mass is 15.1. The monoisotopic (exact) mass is 688 g/mol. The maximum absolute atomic E-state index is 5.33. The Balaban J connectivity index is 1.06. The van der Waals surface area contributed by atoms with Crippen LogP contribution in [0.15, 0.2) is 194 Å². The van der Waals surface area contributed by atoms with E-state index in [-0.39, 0.29) is 0 Å². The highest BCUT2D eigenvalue weighted by molar-refractivity contribution is 6.25. The van der Waals surface area contributed by atoms with E-state index in [1.807, 2.05) is 12.1 Å². The molecule has 3 aromatic heterocycles. The first-order valence-electron chi connectivity index (χ1n) is 18.3. The molecule has 0 aliphatic heterocycles. The number of aromatic nitrogens is 4. The Hall–Kier alpha value is -7.30. The van der Waals surface area contributed by atoms with E-state index in [0.717, 1.165) is 72.5 Å². The average molecular weight is 689 g/mol. The van der Waals surface area contributed by atoms with E-state index in [2.05, 4.69) is 191 Å². The third-order valence-corrected chi connectivity index (χ3v) is 10.7. The molecule has 4 nitrogen and oxygen atoms in total. The number of fused-ring (bicyclic) bond motifs is 8. The summed E-state index contributed by atoms with van der Waals surface area (Å²) in [5.41, 5.74) is 13.1. The van der Waals surface area contributed by atoms with Gasteiger partial charge in [0.05, 0.1) is 33.3 Å². The van der Waals surface area contributed by atoms with Crippen LogP contribution in [0.25, 0.3) is 99.7 Å². The first kappa shape index (κ1) is 30.3. The van der Waals surface area contributed by atoms with Crippen LogP contribution in [0.2, 0.25) is 0 Å². The number of hydrogen-bond donors (Lipinski definition) is 0. The molecule has 4 heteroatoms. The number of rotatable bonds is 5. The summed E-state index contributed by atoms with van der Waals surface area (Å²) >= 11 is 0. The number of pyridine rings is 1. The van der Waals surface area contributed by atoms with Gasteiger partial charge >= 0.3 is 0 Å². The normalized spacial score (nSPS) is 11.7. The second kappa shape index (κ2) is 12.1. The van der Waals surface area contributed by atoms with Crippen LogP contribution in [0, 0.1) is 0 Å². The van der Waals surface area contributed by atoms with Crippen molar-refractivity contribution in [2.24, 2.45) is 0 Å². The van der Waals surface area contributed by atoms with Gasteiger partial charge in [-0.25, -0.2) is 9.97 Å². The molecule has 0 saturated carbocycles. The maximum Gasteiger partial charge on any atom is 0.145 e. The molecule has 11 rings (SSSR count). The van der Waals surface area contributed by atoms with E-state index < -0.39 is 0 Å². The Morgan fingerprint density at radius 2 is 0.870 bits per heavy atom. The minimum Gasteiger partial charge on any atom is -0.309 e. The number of para-hydroxylation sites is 5. The molecule has 0 atom stereocenters. The predicted molar refractivity (Wildman–Crippen MR) is 225 cm³/mol. The molecule has 0 fully saturated rings. The van der Waals surface area contributed by atoms with E-state index >= 15 is 0 Å². The van der Waals surface area contributed by atoms with Gasteiger partial charge in [-0.15, -0.1) is 0 Å². The van der Waals surface area contributed by atoms with Crippen molar-refractivity contribution in [3.8, 4) is 45.1 Å². The van der Waals surface area contributed by atoms with Crippen molar-refractivity contribution >= 4 is 54.5 Å². The van der Waals surface area contributed by atoms with Crippen molar-refractivity contribution in [3.63, 3.8) is 0 Å². The quantitative estimate of drug-likeness (QED) is 0.169. The summed E-state index contributed by atoms with van der Waals surface area (Å²) in [5, 5.41) is 5.96. The van der Waals surface area contributed by atoms with Gasteiger partial charge in [0.25, 0.3) is 0 Å². The van der Waals surface area contributed by atoms with Gasteiger partial charge in [0.15, 0.2) is 0 Å². The topological polar surface area (TPSA) is 35.6 Å². The van der Waals surface area contributed by atoms with Crippen molar-refractivity contribution in [2.75, 3.05) is 0 Å². The van der Waals surface area contributed by atoms with Crippen LogP contribution >= 0.6 is 0 Å². The summed E-state index contributed by atoms with van der Waals surface area (Å²) in [5.74, 6) is 0.931. The van der Waals surface area contributed by atoms with Crippen molar-refractivity contribution < 1.29 is 0 Å². The van der Waals surface area contributed by atoms with E-state index in [4.69, 9.17) is 9.97 Å². The molecule has 8 aromatic carbocycles. The Kier molecular flexibility index (Phi) is 6.82. The zero-order valence-electron chi connectivity index (χ0n) is 29.3. The summed E-state index contributed by atoms with van der Waals surface area (Å²) in [6, 6.07) is 68.9. The summed E-state index contributed by atoms with van der Waals surface area (Å²) in [6.45, 7) is 0. The molecule has 0 amide bonds. The largest absolute Gasteiger partial charge is 0.309 e. The number of hydrogen-bond acceptors (Lipinski definition) is 2. The lowest BCUT2D eigenvalue weighted by Crippen LogP contribution is -1.97. The fourth-order valence-corrected chi connectivity index (χ4v) is 8.24. The Morgan fingerprint density at radius 1 is 0.315 bits per heavy atom. The fourth-order valence-electron chi connectivity index (χ4n) is 8.24. The van der Waals surface area contributed by atoms with Crippen LogP contribution in [-0.4, -0.2) is 19.1 Å². The van der Waals surface area contributed by atoms with E-state index in [9.17, 15) is 0 Å². The molecule has 0 radical (unpaired) electrons. The standard InChI is InChI=1S/C50H32N4/c1-3-13-35(14-4-1)48-47-41(39-17-7-9-19-43(39)51-48)31-32-42-40-18-8-11-21-45(40)53(49(42)47)38-29-27-34(28-30-38)33-23-25-36(26-24-33)50-52-44-20-10-12-22-46(44)54(50)37-15-5-2-6-16-37/h1-32H. The molecule has 0 unspecified atom stereocenters. The van der Waals surface area contributed by atoms with Gasteiger partial charge in [-0.2, -0.15) is 0 Å². The minimum absolute atomic E-state index is 0.931. The molecule has 11 aromatic rings. The van der Waals surface area contributed by atoms with E-state index in [1.54, 1.807) is 0 Å². The molecule has 0 saturated heterocycles. The van der Waals surface area contributed by atoms with Gasteiger partial charge in [-0.3, -0.25) is 4.57 Å². The molecule has 0 aliphatic carbocycles. The van der Waals surface area contributed by atoms with Gasteiger partial charge in [0.1, 0.15) is 5.82 Å². The van der Waals surface area contributed by atoms with E-state index in [1.165, 1.54) is 27.2 Å². The van der Waals surface area contributed by atoms with Crippen LogP contribution in [-0.2, 0) is 0 Å². The molecule has 0 aliphatic rings. The van der Waals surface area contributed by atoms with Gasteiger partial charge in [0, 0.05) is 44.0 Å². The number of imidazole rings is 1. The minimum atomic E-state index is 0.931.